The second-order valence-corrected chi connectivity index (χ2v) is 6.77. The smallest absolute Gasteiger partial charge is 0.237 e. The maximum atomic E-state index is 12.7. The molecule has 0 bridgehead atoms. The van der Waals surface area contributed by atoms with Gasteiger partial charge in [-0.05, 0) is 52.6 Å². The fourth-order valence-corrected chi connectivity index (χ4v) is 3.60. The highest BCUT2D eigenvalue weighted by Crippen LogP contribution is 2.26. The van der Waals surface area contributed by atoms with Gasteiger partial charge in [0.25, 0.3) is 0 Å². The van der Waals surface area contributed by atoms with Crippen LogP contribution in [0.3, 0.4) is 0 Å². The van der Waals surface area contributed by atoms with E-state index in [4.69, 9.17) is 4.74 Å². The van der Waals surface area contributed by atoms with Gasteiger partial charge in [-0.1, -0.05) is 18.2 Å². The molecule has 1 fully saturated rings. The molecule has 0 radical (unpaired) electrons. The Hall–Kier alpha value is -1.59. The number of rotatable bonds is 7. The zero-order valence-electron chi connectivity index (χ0n) is 15.2. The third-order valence-electron chi connectivity index (χ3n) is 4.88. The first kappa shape index (κ1) is 18.7. The molecule has 1 aromatic rings. The molecule has 1 heterocycles. The lowest BCUT2D eigenvalue weighted by Gasteiger charge is -2.31. The first-order valence-electron chi connectivity index (χ1n) is 8.81. The van der Waals surface area contributed by atoms with Gasteiger partial charge in [0.05, 0.1) is 25.3 Å². The Bertz CT molecular complexity index is 547. The fourth-order valence-electron chi connectivity index (χ4n) is 3.60. The number of aliphatic hydroxyl groups excluding tert-OH is 1. The quantitative estimate of drug-likeness (QED) is 0.804. The van der Waals surface area contributed by atoms with Crippen LogP contribution in [0.1, 0.15) is 51.6 Å². The minimum atomic E-state index is -0.335. The predicted octanol–water partition coefficient (Wildman–Crippen LogP) is 2.50. The molecule has 1 aliphatic rings. The Morgan fingerprint density at radius 1 is 1.38 bits per heavy atom. The third-order valence-corrected chi connectivity index (χ3v) is 4.88. The number of benzene rings is 1. The second kappa shape index (κ2) is 8.49. The molecule has 5 nitrogen and oxygen atoms in total. The number of methoxy groups -OCH3 is 1. The second-order valence-electron chi connectivity index (χ2n) is 6.77. The molecule has 4 unspecified atom stereocenters. The van der Waals surface area contributed by atoms with Gasteiger partial charge in [-0.3, -0.25) is 9.69 Å². The van der Waals surface area contributed by atoms with Gasteiger partial charge in [-0.2, -0.15) is 0 Å². The van der Waals surface area contributed by atoms with E-state index in [1.54, 1.807) is 7.11 Å². The lowest BCUT2D eigenvalue weighted by atomic mass is 10.1. The maximum Gasteiger partial charge on any atom is 0.237 e. The fraction of sp³-hybridized carbons (Fsp3) is 0.632. The highest BCUT2D eigenvalue weighted by molar-refractivity contribution is 5.81. The van der Waals surface area contributed by atoms with Gasteiger partial charge in [-0.25, -0.2) is 0 Å². The van der Waals surface area contributed by atoms with Crippen LogP contribution in [-0.2, 0) is 4.79 Å². The zero-order valence-corrected chi connectivity index (χ0v) is 15.2. The first-order chi connectivity index (χ1) is 11.4. The molecule has 1 saturated heterocycles. The van der Waals surface area contributed by atoms with E-state index in [0.29, 0.717) is 0 Å². The largest absolute Gasteiger partial charge is 0.496 e. The van der Waals surface area contributed by atoms with E-state index >= 15 is 0 Å². The zero-order chi connectivity index (χ0) is 17.7. The van der Waals surface area contributed by atoms with Crippen LogP contribution in [0.2, 0.25) is 0 Å². The molecule has 0 aliphatic carbocycles. The molecule has 2 rings (SSSR count). The number of hydrogen-bond donors (Lipinski definition) is 2. The number of hydrogen-bond acceptors (Lipinski definition) is 4. The van der Waals surface area contributed by atoms with E-state index in [2.05, 4.69) is 10.2 Å². The standard InChI is InChI=1S/C19H30N2O3/c1-13(22)12-16-8-7-11-21(16)15(3)19(23)20-14(2)17-9-5-6-10-18(17)24-4/h5-6,9-10,13-16,22H,7-8,11-12H2,1-4H3,(H,20,23). The average molecular weight is 334 g/mol. The van der Waals surface area contributed by atoms with Crippen LogP contribution in [0.5, 0.6) is 5.75 Å². The van der Waals surface area contributed by atoms with Gasteiger partial charge in [0, 0.05) is 11.6 Å². The van der Waals surface area contributed by atoms with Gasteiger partial charge in [-0.15, -0.1) is 0 Å². The lowest BCUT2D eigenvalue weighted by Crippen LogP contribution is -2.48. The Morgan fingerprint density at radius 3 is 2.75 bits per heavy atom. The van der Waals surface area contributed by atoms with Crippen LogP contribution < -0.4 is 10.1 Å². The van der Waals surface area contributed by atoms with E-state index in [1.807, 2.05) is 45.0 Å². The Morgan fingerprint density at radius 2 is 2.08 bits per heavy atom. The summed E-state index contributed by atoms with van der Waals surface area (Å²) >= 11 is 0. The van der Waals surface area contributed by atoms with Crippen molar-refractivity contribution in [2.45, 2.75) is 64.3 Å². The molecule has 0 saturated carbocycles. The molecular weight excluding hydrogens is 304 g/mol. The molecule has 0 spiro atoms. The Balaban J connectivity index is 2.00. The molecule has 1 aliphatic heterocycles. The SMILES string of the molecule is COc1ccccc1C(C)NC(=O)C(C)N1CCCC1CC(C)O. The van der Waals surface area contributed by atoms with Crippen molar-refractivity contribution in [3.8, 4) is 5.75 Å². The van der Waals surface area contributed by atoms with Crippen LogP contribution in [0.15, 0.2) is 24.3 Å². The normalized spacial score (nSPS) is 22.0. The molecule has 2 N–H and O–H groups in total. The summed E-state index contributed by atoms with van der Waals surface area (Å²) in [5, 5.41) is 12.8. The van der Waals surface area contributed by atoms with Gasteiger partial charge < -0.3 is 15.2 Å². The van der Waals surface area contributed by atoms with Gasteiger partial charge in [0.2, 0.25) is 5.91 Å². The molecule has 0 aromatic heterocycles. The first-order valence-corrected chi connectivity index (χ1v) is 8.81. The van der Waals surface area contributed by atoms with Crippen molar-refractivity contribution >= 4 is 5.91 Å². The van der Waals surface area contributed by atoms with Crippen molar-refractivity contribution in [1.82, 2.24) is 10.2 Å². The number of carbonyl (C=O) groups is 1. The van der Waals surface area contributed by atoms with E-state index < -0.39 is 0 Å². The lowest BCUT2D eigenvalue weighted by molar-refractivity contribution is -0.127. The van der Waals surface area contributed by atoms with E-state index in [9.17, 15) is 9.90 Å². The van der Waals surface area contributed by atoms with Crippen LogP contribution in [0.4, 0.5) is 0 Å². The van der Waals surface area contributed by atoms with Gasteiger partial charge in [0.15, 0.2) is 0 Å². The number of amides is 1. The predicted molar refractivity (Wildman–Crippen MR) is 95.0 cm³/mol. The van der Waals surface area contributed by atoms with Crippen molar-refractivity contribution < 1.29 is 14.6 Å². The van der Waals surface area contributed by atoms with E-state index in [1.165, 1.54) is 0 Å². The van der Waals surface area contributed by atoms with Gasteiger partial charge in [0.1, 0.15) is 5.75 Å². The summed E-state index contributed by atoms with van der Waals surface area (Å²) in [4.78, 5) is 14.9. The van der Waals surface area contributed by atoms with Crippen molar-refractivity contribution in [3.63, 3.8) is 0 Å². The van der Waals surface area contributed by atoms with Crippen molar-refractivity contribution in [1.29, 1.82) is 0 Å². The summed E-state index contributed by atoms with van der Waals surface area (Å²) in [6.45, 7) is 6.64. The molecule has 5 heteroatoms. The van der Waals surface area contributed by atoms with Crippen molar-refractivity contribution in [2.24, 2.45) is 0 Å². The summed E-state index contributed by atoms with van der Waals surface area (Å²) in [6.07, 6.45) is 2.51. The van der Waals surface area contributed by atoms with Crippen LogP contribution in [-0.4, -0.2) is 47.8 Å². The molecular formula is C19H30N2O3. The summed E-state index contributed by atoms with van der Waals surface area (Å²) in [6, 6.07) is 7.71. The molecule has 134 valence electrons. The number of para-hydroxylation sites is 1. The molecule has 1 aromatic carbocycles. The molecule has 1 amide bonds. The van der Waals surface area contributed by atoms with Crippen molar-refractivity contribution in [2.75, 3.05) is 13.7 Å². The number of carbonyl (C=O) groups excluding carboxylic acids is 1. The molecule has 24 heavy (non-hydrogen) atoms. The van der Waals surface area contributed by atoms with Crippen LogP contribution in [0.25, 0.3) is 0 Å². The number of nitrogens with one attached hydrogen (secondary N) is 1. The molecule has 4 atom stereocenters. The number of nitrogens with zero attached hydrogens (tertiary/aromatic N) is 1. The topological polar surface area (TPSA) is 61.8 Å². The third kappa shape index (κ3) is 4.48. The monoisotopic (exact) mass is 334 g/mol. The number of ether oxygens (including phenoxy) is 1. The summed E-state index contributed by atoms with van der Waals surface area (Å²) in [7, 11) is 1.64. The summed E-state index contributed by atoms with van der Waals surface area (Å²) < 4.78 is 5.38. The van der Waals surface area contributed by atoms with Crippen LogP contribution in [0, 0.1) is 0 Å². The summed E-state index contributed by atoms with van der Waals surface area (Å²) in [5.41, 5.74) is 0.975. The van der Waals surface area contributed by atoms with Crippen molar-refractivity contribution in [3.05, 3.63) is 29.8 Å². The Labute approximate surface area is 145 Å². The van der Waals surface area contributed by atoms with Crippen LogP contribution >= 0.6 is 0 Å². The minimum absolute atomic E-state index is 0.0194. The Kier molecular flexibility index (Phi) is 6.63. The van der Waals surface area contributed by atoms with E-state index in [0.717, 1.165) is 37.1 Å². The van der Waals surface area contributed by atoms with E-state index in [-0.39, 0.29) is 30.1 Å². The number of aliphatic hydroxyl groups is 1. The highest BCUT2D eigenvalue weighted by Gasteiger charge is 2.33. The highest BCUT2D eigenvalue weighted by atomic mass is 16.5. The average Bonchev–Trinajstić information content (AvgIpc) is 3.01. The minimum Gasteiger partial charge on any atom is -0.496 e. The summed E-state index contributed by atoms with van der Waals surface area (Å²) in [5.74, 6) is 0.803. The van der Waals surface area contributed by atoms with Gasteiger partial charge >= 0.3 is 0 Å². The number of likely N-dealkylation sites (tertiary alicyclic amines) is 1. The maximum absolute atomic E-state index is 12.7.